The highest BCUT2D eigenvalue weighted by Crippen LogP contribution is 2.29. The Balaban J connectivity index is 1.42. The Labute approximate surface area is 144 Å². The van der Waals surface area contributed by atoms with E-state index < -0.39 is 6.10 Å². The fourth-order valence-electron chi connectivity index (χ4n) is 3.48. The third-order valence-electron chi connectivity index (χ3n) is 4.81. The smallest absolute Gasteiger partial charge is 0.264 e. The number of hydrogen-bond donors (Lipinski definition) is 1. The molecule has 2 aliphatic rings. The Morgan fingerprint density at radius 1 is 1.44 bits per heavy atom. The quantitative estimate of drug-likeness (QED) is 0.930. The molecule has 2 atom stereocenters. The topological polar surface area (TPSA) is 68.5 Å². The van der Waals surface area contributed by atoms with Gasteiger partial charge in [-0.2, -0.15) is 5.10 Å². The van der Waals surface area contributed by atoms with Crippen molar-refractivity contribution in [1.82, 2.24) is 15.1 Å². The van der Waals surface area contributed by atoms with Crippen molar-refractivity contribution in [3.8, 4) is 0 Å². The van der Waals surface area contributed by atoms with Crippen molar-refractivity contribution in [3.63, 3.8) is 0 Å². The number of oxime groups is 1. The number of rotatable bonds is 3. The fraction of sp³-hybridized carbons (Fsp3) is 0.389. The van der Waals surface area contributed by atoms with Crippen molar-refractivity contribution < 1.29 is 14.0 Å². The number of nitrogens with one attached hydrogen (secondary N) is 1. The summed E-state index contributed by atoms with van der Waals surface area (Å²) >= 11 is 0. The van der Waals surface area contributed by atoms with Gasteiger partial charge >= 0.3 is 0 Å². The number of fused-ring (bicyclic) bond motifs is 1. The van der Waals surface area contributed by atoms with E-state index in [0.717, 1.165) is 24.8 Å². The summed E-state index contributed by atoms with van der Waals surface area (Å²) in [6, 6.07) is 6.09. The van der Waals surface area contributed by atoms with Crippen molar-refractivity contribution in [1.29, 1.82) is 0 Å². The van der Waals surface area contributed by atoms with Gasteiger partial charge in [0.15, 0.2) is 0 Å². The minimum atomic E-state index is -0.680. The monoisotopic (exact) mass is 342 g/mol. The van der Waals surface area contributed by atoms with E-state index in [0.29, 0.717) is 17.7 Å². The molecular formula is C18H19FN4O2. The average Bonchev–Trinajstić information content (AvgIpc) is 3.23. The Morgan fingerprint density at radius 2 is 2.32 bits per heavy atom. The maximum absolute atomic E-state index is 13.3. The molecule has 1 aromatic heterocycles. The van der Waals surface area contributed by atoms with Crippen LogP contribution in [0.2, 0.25) is 0 Å². The number of benzene rings is 1. The van der Waals surface area contributed by atoms with Gasteiger partial charge in [0.1, 0.15) is 5.82 Å². The van der Waals surface area contributed by atoms with Crippen LogP contribution in [0, 0.1) is 5.82 Å². The third-order valence-corrected chi connectivity index (χ3v) is 4.81. The summed E-state index contributed by atoms with van der Waals surface area (Å²) in [5, 5.41) is 11.3. The van der Waals surface area contributed by atoms with E-state index in [1.165, 1.54) is 17.8 Å². The van der Waals surface area contributed by atoms with E-state index in [2.05, 4.69) is 15.6 Å². The van der Waals surface area contributed by atoms with E-state index in [9.17, 15) is 9.18 Å². The molecule has 6 nitrogen and oxygen atoms in total. The van der Waals surface area contributed by atoms with E-state index in [-0.39, 0.29) is 17.8 Å². The molecular weight excluding hydrogens is 323 g/mol. The van der Waals surface area contributed by atoms with Gasteiger partial charge in [-0.3, -0.25) is 9.48 Å². The summed E-state index contributed by atoms with van der Waals surface area (Å²) in [5.41, 5.74) is 3.47. The molecule has 0 bridgehead atoms. The number of hydrogen-bond acceptors (Lipinski definition) is 4. The molecule has 1 N–H and O–H groups in total. The maximum atomic E-state index is 13.3. The second-order valence-electron chi connectivity index (χ2n) is 6.47. The molecule has 0 saturated carbocycles. The maximum Gasteiger partial charge on any atom is 0.264 e. The van der Waals surface area contributed by atoms with Crippen LogP contribution in [-0.2, 0) is 23.1 Å². The number of carbonyl (C=O) groups excluding carboxylic acids is 1. The summed E-state index contributed by atoms with van der Waals surface area (Å²) in [6.07, 6.45) is 4.35. The molecule has 2 aromatic rings. The first-order valence-corrected chi connectivity index (χ1v) is 8.41. The number of amides is 1. The van der Waals surface area contributed by atoms with Gasteiger partial charge < -0.3 is 10.2 Å². The van der Waals surface area contributed by atoms with Crippen LogP contribution in [0.4, 0.5) is 4.39 Å². The molecule has 0 radical (unpaired) electrons. The zero-order valence-electron chi connectivity index (χ0n) is 13.9. The highest BCUT2D eigenvalue weighted by atomic mass is 19.1. The van der Waals surface area contributed by atoms with Crippen LogP contribution in [0.3, 0.4) is 0 Å². The van der Waals surface area contributed by atoms with Gasteiger partial charge in [-0.05, 0) is 31.4 Å². The predicted molar refractivity (Wildman–Crippen MR) is 89.5 cm³/mol. The molecule has 1 amide bonds. The fourth-order valence-corrected chi connectivity index (χ4v) is 3.48. The van der Waals surface area contributed by atoms with Crippen molar-refractivity contribution >= 4 is 11.6 Å². The van der Waals surface area contributed by atoms with Crippen molar-refractivity contribution in [2.75, 3.05) is 0 Å². The van der Waals surface area contributed by atoms with E-state index in [1.54, 1.807) is 12.1 Å². The van der Waals surface area contributed by atoms with Gasteiger partial charge in [0.05, 0.1) is 18.0 Å². The summed E-state index contributed by atoms with van der Waals surface area (Å²) < 4.78 is 15.2. The van der Waals surface area contributed by atoms with Gasteiger partial charge in [-0.1, -0.05) is 17.3 Å². The second kappa shape index (κ2) is 6.31. The number of carbonyl (C=O) groups is 1. The number of halogens is 1. The molecule has 1 aromatic carbocycles. The molecule has 0 spiro atoms. The van der Waals surface area contributed by atoms with Crippen LogP contribution in [0.15, 0.2) is 35.6 Å². The van der Waals surface area contributed by atoms with Crippen LogP contribution >= 0.6 is 0 Å². The Kier molecular flexibility index (Phi) is 3.99. The lowest BCUT2D eigenvalue weighted by Crippen LogP contribution is -2.38. The standard InChI is InChI=1S/C18H19FN4O2/c1-23-16-7-3-6-14(13(16)10-20-23)21-18(24)17-9-15(22-25-17)11-4-2-5-12(19)8-11/h2,4-5,8,10,14,17H,3,6-7,9H2,1H3,(H,21,24)/t14-,17+/m0/s1. The molecule has 1 aliphatic carbocycles. The zero-order chi connectivity index (χ0) is 17.4. The lowest BCUT2D eigenvalue weighted by molar-refractivity contribution is -0.132. The van der Waals surface area contributed by atoms with Gasteiger partial charge in [0.25, 0.3) is 5.91 Å². The van der Waals surface area contributed by atoms with Gasteiger partial charge in [0, 0.05) is 30.3 Å². The first kappa shape index (κ1) is 15.8. The first-order valence-electron chi connectivity index (χ1n) is 8.41. The summed E-state index contributed by atoms with van der Waals surface area (Å²) in [4.78, 5) is 17.9. The van der Waals surface area contributed by atoms with Crippen LogP contribution in [0.5, 0.6) is 0 Å². The Hall–Kier alpha value is -2.70. The average molecular weight is 342 g/mol. The lowest BCUT2D eigenvalue weighted by Gasteiger charge is -2.24. The Morgan fingerprint density at radius 3 is 3.16 bits per heavy atom. The molecule has 0 fully saturated rings. The van der Waals surface area contributed by atoms with Crippen LogP contribution in [0.25, 0.3) is 0 Å². The zero-order valence-corrected chi connectivity index (χ0v) is 13.9. The largest absolute Gasteiger partial charge is 0.382 e. The number of nitrogens with zero attached hydrogens (tertiary/aromatic N) is 3. The number of aromatic nitrogens is 2. The summed E-state index contributed by atoms with van der Waals surface area (Å²) in [6.45, 7) is 0. The van der Waals surface area contributed by atoms with Gasteiger partial charge in [-0.25, -0.2) is 4.39 Å². The highest BCUT2D eigenvalue weighted by molar-refractivity contribution is 6.04. The first-order chi connectivity index (χ1) is 12.1. The Bertz CT molecular complexity index is 845. The van der Waals surface area contributed by atoms with E-state index in [4.69, 9.17) is 4.84 Å². The third kappa shape index (κ3) is 3.01. The highest BCUT2D eigenvalue weighted by Gasteiger charge is 2.32. The van der Waals surface area contributed by atoms with Crippen LogP contribution in [-0.4, -0.2) is 27.5 Å². The minimum absolute atomic E-state index is 0.0493. The van der Waals surface area contributed by atoms with Crippen molar-refractivity contribution in [2.45, 2.75) is 37.8 Å². The van der Waals surface area contributed by atoms with Crippen LogP contribution in [0.1, 0.15) is 42.1 Å². The van der Waals surface area contributed by atoms with E-state index in [1.807, 2.05) is 17.9 Å². The number of aryl methyl sites for hydroxylation is 1. The lowest BCUT2D eigenvalue weighted by atomic mass is 9.92. The molecule has 1 aliphatic heterocycles. The van der Waals surface area contributed by atoms with Crippen molar-refractivity contribution in [2.24, 2.45) is 12.2 Å². The predicted octanol–water partition coefficient (Wildman–Crippen LogP) is 2.25. The molecule has 25 heavy (non-hydrogen) atoms. The molecule has 130 valence electrons. The van der Waals surface area contributed by atoms with Crippen LogP contribution < -0.4 is 5.32 Å². The molecule has 2 heterocycles. The van der Waals surface area contributed by atoms with Gasteiger partial charge in [-0.15, -0.1) is 0 Å². The van der Waals surface area contributed by atoms with Gasteiger partial charge in [0.2, 0.25) is 6.10 Å². The van der Waals surface area contributed by atoms with E-state index >= 15 is 0 Å². The summed E-state index contributed by atoms with van der Waals surface area (Å²) in [7, 11) is 1.92. The normalized spacial score (nSPS) is 22.1. The molecule has 0 unspecified atom stereocenters. The van der Waals surface area contributed by atoms with Crippen molar-refractivity contribution in [3.05, 3.63) is 53.1 Å². The SMILES string of the molecule is Cn1ncc2c1CCC[C@@H]2NC(=O)[C@H]1CC(c2cccc(F)c2)=NO1. The summed E-state index contributed by atoms with van der Waals surface area (Å²) in [5.74, 6) is -0.531. The molecule has 4 rings (SSSR count). The second-order valence-corrected chi connectivity index (χ2v) is 6.47. The minimum Gasteiger partial charge on any atom is -0.382 e. The molecule has 0 saturated heterocycles. The molecule has 7 heteroatoms.